The highest BCUT2D eigenvalue weighted by Crippen LogP contribution is 2.26. The number of hydrogen-bond donors (Lipinski definition) is 1. The van der Waals surface area contributed by atoms with Crippen LogP contribution in [0.4, 0.5) is 0 Å². The number of nitrogens with one attached hydrogen (secondary N) is 1. The van der Waals surface area contributed by atoms with Crippen LogP contribution in [-0.4, -0.2) is 67.1 Å². The van der Waals surface area contributed by atoms with Gasteiger partial charge in [-0.25, -0.2) is 0 Å². The van der Waals surface area contributed by atoms with E-state index in [0.29, 0.717) is 26.2 Å². The quantitative estimate of drug-likeness (QED) is 0.315. The van der Waals surface area contributed by atoms with Crippen molar-refractivity contribution >= 4 is 22.7 Å². The van der Waals surface area contributed by atoms with Crippen LogP contribution in [0.2, 0.25) is 0 Å². The van der Waals surface area contributed by atoms with E-state index in [0.717, 1.165) is 55.4 Å². The second-order valence-corrected chi connectivity index (χ2v) is 10.2. The summed E-state index contributed by atoms with van der Waals surface area (Å²) >= 11 is 0. The number of benzene rings is 2. The molecule has 1 aromatic heterocycles. The Balaban J connectivity index is 1.50. The van der Waals surface area contributed by atoms with Gasteiger partial charge in [0.2, 0.25) is 11.8 Å². The van der Waals surface area contributed by atoms with Gasteiger partial charge in [0.25, 0.3) is 0 Å². The summed E-state index contributed by atoms with van der Waals surface area (Å²) in [5.74, 6) is 0.908. The van der Waals surface area contributed by atoms with Crippen molar-refractivity contribution in [2.75, 3.05) is 40.5 Å². The second-order valence-electron chi connectivity index (χ2n) is 10.2. The van der Waals surface area contributed by atoms with Crippen molar-refractivity contribution < 1.29 is 19.1 Å². The molecule has 204 valence electrons. The molecule has 0 unspecified atom stereocenters. The second kappa shape index (κ2) is 14.0. The average molecular weight is 520 g/mol. The van der Waals surface area contributed by atoms with Gasteiger partial charge >= 0.3 is 0 Å². The maximum atomic E-state index is 13.8. The van der Waals surface area contributed by atoms with Crippen LogP contribution in [0.3, 0.4) is 0 Å². The summed E-state index contributed by atoms with van der Waals surface area (Å²) in [5, 5.41) is 1.18. The van der Waals surface area contributed by atoms with Crippen LogP contribution in [0.5, 0.6) is 5.75 Å². The van der Waals surface area contributed by atoms with Gasteiger partial charge in [-0.1, -0.05) is 49.6 Å². The van der Waals surface area contributed by atoms with Gasteiger partial charge in [0.05, 0.1) is 13.7 Å². The van der Waals surface area contributed by atoms with Crippen LogP contribution < -0.4 is 4.74 Å². The van der Waals surface area contributed by atoms with Crippen molar-refractivity contribution in [3.05, 3.63) is 65.9 Å². The highest BCUT2D eigenvalue weighted by molar-refractivity contribution is 5.86. The zero-order valence-corrected chi connectivity index (χ0v) is 22.8. The number of H-pyrrole nitrogens is 1. The Bertz CT molecular complexity index is 1170. The van der Waals surface area contributed by atoms with E-state index in [9.17, 15) is 9.59 Å². The summed E-state index contributed by atoms with van der Waals surface area (Å²) in [5.41, 5.74) is 3.31. The number of carbonyl (C=O) groups excluding carboxylic acids is 2. The molecule has 1 saturated carbocycles. The molecule has 0 aliphatic heterocycles. The molecule has 4 rings (SSSR count). The van der Waals surface area contributed by atoms with Gasteiger partial charge in [0, 0.05) is 56.4 Å². The van der Waals surface area contributed by atoms with Gasteiger partial charge in [-0.3, -0.25) is 9.59 Å². The number of fused-ring (bicyclic) bond motifs is 1. The van der Waals surface area contributed by atoms with Crippen LogP contribution in [0, 0.1) is 5.92 Å². The van der Waals surface area contributed by atoms with Crippen LogP contribution >= 0.6 is 0 Å². The zero-order chi connectivity index (χ0) is 26.7. The normalized spacial score (nSPS) is 13.9. The number of methoxy groups -OCH3 is 2. The Morgan fingerprint density at radius 2 is 1.71 bits per heavy atom. The molecule has 1 aliphatic rings. The fraction of sp³-hybridized carbons (Fsp3) is 0.484. The minimum atomic E-state index is -0.0257. The van der Waals surface area contributed by atoms with Crippen molar-refractivity contribution in [2.24, 2.45) is 5.92 Å². The number of amides is 2. The van der Waals surface area contributed by atoms with E-state index in [-0.39, 0.29) is 24.3 Å². The van der Waals surface area contributed by atoms with Crippen LogP contribution in [-0.2, 0) is 27.3 Å². The molecule has 0 radical (unpaired) electrons. The summed E-state index contributed by atoms with van der Waals surface area (Å²) in [6.45, 7) is 2.25. The van der Waals surface area contributed by atoms with E-state index in [1.807, 2.05) is 47.5 Å². The summed E-state index contributed by atoms with van der Waals surface area (Å²) in [6.07, 6.45) is 8.69. The molecule has 1 fully saturated rings. The number of para-hydroxylation sites is 1. The summed E-state index contributed by atoms with van der Waals surface area (Å²) < 4.78 is 10.5. The van der Waals surface area contributed by atoms with Crippen molar-refractivity contribution in [3.8, 4) is 5.75 Å². The molecule has 7 heteroatoms. The molecule has 7 nitrogen and oxygen atoms in total. The van der Waals surface area contributed by atoms with Gasteiger partial charge < -0.3 is 24.3 Å². The lowest BCUT2D eigenvalue weighted by molar-refractivity contribution is -0.144. The van der Waals surface area contributed by atoms with Crippen molar-refractivity contribution in [1.82, 2.24) is 14.8 Å². The predicted octanol–water partition coefficient (Wildman–Crippen LogP) is 5.19. The average Bonchev–Trinajstić information content (AvgIpc) is 3.38. The smallest absolute Gasteiger partial charge is 0.242 e. The number of nitrogens with zero attached hydrogens (tertiary/aromatic N) is 2. The molecule has 0 atom stereocenters. The molecule has 0 saturated heterocycles. The first-order chi connectivity index (χ1) is 18.6. The van der Waals surface area contributed by atoms with Crippen LogP contribution in [0.25, 0.3) is 10.9 Å². The highest BCUT2D eigenvalue weighted by Gasteiger charge is 2.28. The first-order valence-corrected chi connectivity index (χ1v) is 13.8. The Labute approximate surface area is 226 Å². The van der Waals surface area contributed by atoms with Gasteiger partial charge in [-0.15, -0.1) is 0 Å². The molecule has 38 heavy (non-hydrogen) atoms. The first kappa shape index (κ1) is 27.7. The van der Waals surface area contributed by atoms with E-state index < -0.39 is 0 Å². The maximum absolute atomic E-state index is 13.8. The maximum Gasteiger partial charge on any atom is 0.242 e. The molecule has 0 bridgehead atoms. The number of aromatic nitrogens is 1. The molecule has 2 amide bonds. The third-order valence-corrected chi connectivity index (χ3v) is 7.58. The minimum absolute atomic E-state index is 0.0257. The van der Waals surface area contributed by atoms with E-state index in [2.05, 4.69) is 17.1 Å². The first-order valence-electron chi connectivity index (χ1n) is 13.8. The molecule has 0 spiro atoms. The SMILES string of the molecule is COCCCN(CC(=O)N(CCc1c[nH]c2ccccc12)Cc1ccc(OC)cc1)C(=O)C1CCCCC1. The molecular formula is C31H41N3O4. The lowest BCUT2D eigenvalue weighted by atomic mass is 9.88. The molecule has 2 aromatic carbocycles. The van der Waals surface area contributed by atoms with Gasteiger partial charge in [-0.05, 0) is 55.0 Å². The third-order valence-electron chi connectivity index (χ3n) is 7.58. The Morgan fingerprint density at radius 1 is 0.947 bits per heavy atom. The molecule has 1 aliphatic carbocycles. The third kappa shape index (κ3) is 7.38. The van der Waals surface area contributed by atoms with E-state index in [1.54, 1.807) is 19.1 Å². The number of rotatable bonds is 13. The number of aromatic amines is 1. The van der Waals surface area contributed by atoms with Crippen molar-refractivity contribution in [3.63, 3.8) is 0 Å². The fourth-order valence-electron chi connectivity index (χ4n) is 5.38. The Morgan fingerprint density at radius 3 is 2.45 bits per heavy atom. The van der Waals surface area contributed by atoms with E-state index in [4.69, 9.17) is 9.47 Å². The highest BCUT2D eigenvalue weighted by atomic mass is 16.5. The number of ether oxygens (including phenoxy) is 2. The van der Waals surface area contributed by atoms with Crippen molar-refractivity contribution in [2.45, 2.75) is 51.5 Å². The lowest BCUT2D eigenvalue weighted by Gasteiger charge is -2.31. The van der Waals surface area contributed by atoms with Gasteiger partial charge in [0.15, 0.2) is 0 Å². The summed E-state index contributed by atoms with van der Waals surface area (Å²) in [7, 11) is 3.31. The predicted molar refractivity (Wildman–Crippen MR) is 150 cm³/mol. The molecule has 1 heterocycles. The van der Waals surface area contributed by atoms with Crippen LogP contribution in [0.15, 0.2) is 54.7 Å². The zero-order valence-electron chi connectivity index (χ0n) is 22.8. The monoisotopic (exact) mass is 519 g/mol. The minimum Gasteiger partial charge on any atom is -0.497 e. The van der Waals surface area contributed by atoms with E-state index in [1.165, 1.54) is 17.4 Å². The molecule has 3 aromatic rings. The van der Waals surface area contributed by atoms with Gasteiger partial charge in [0.1, 0.15) is 5.75 Å². The number of carbonyl (C=O) groups is 2. The largest absolute Gasteiger partial charge is 0.497 e. The fourth-order valence-corrected chi connectivity index (χ4v) is 5.38. The lowest BCUT2D eigenvalue weighted by Crippen LogP contribution is -2.46. The number of hydrogen-bond acceptors (Lipinski definition) is 4. The Hall–Kier alpha value is -3.32. The standard InChI is InChI=1S/C31H41N3O4/c1-37-20-8-18-34(31(36)25-9-4-3-5-10-25)23-30(35)33(22-24-13-15-27(38-2)16-14-24)19-17-26-21-32-29-12-7-6-11-28(26)29/h6-7,11-16,21,25,32H,3-5,8-10,17-20,22-23H2,1-2H3. The molecular weight excluding hydrogens is 478 g/mol. The topological polar surface area (TPSA) is 74.9 Å². The summed E-state index contributed by atoms with van der Waals surface area (Å²) in [6, 6.07) is 16.1. The summed E-state index contributed by atoms with van der Waals surface area (Å²) in [4.78, 5) is 34.3. The Kier molecular flexibility index (Phi) is 10.2. The van der Waals surface area contributed by atoms with Crippen LogP contribution in [0.1, 0.15) is 49.7 Å². The van der Waals surface area contributed by atoms with E-state index >= 15 is 0 Å². The van der Waals surface area contributed by atoms with Gasteiger partial charge in [-0.2, -0.15) is 0 Å². The molecule has 1 N–H and O–H groups in total. The van der Waals surface area contributed by atoms with Crippen molar-refractivity contribution in [1.29, 1.82) is 0 Å².